The van der Waals surface area contributed by atoms with Crippen LogP contribution in [0.3, 0.4) is 0 Å². The molecule has 2 unspecified atom stereocenters. The topological polar surface area (TPSA) is 198 Å². The van der Waals surface area contributed by atoms with Crippen molar-refractivity contribution in [3.05, 3.63) is 16.3 Å². The first-order chi connectivity index (χ1) is 20.3. The maximum absolute atomic E-state index is 13.5. The zero-order valence-electron chi connectivity index (χ0n) is 27.2. The third-order valence-corrected chi connectivity index (χ3v) is 7.76. The fraction of sp³-hybridized carbons (Fsp3) is 0.700. The van der Waals surface area contributed by atoms with Gasteiger partial charge in [0.05, 0.1) is 25.3 Å². The number of nitrogens with two attached hydrogens (primary N) is 1. The van der Waals surface area contributed by atoms with Crippen LogP contribution in [0.2, 0.25) is 0 Å². The number of esters is 1. The second kappa shape index (κ2) is 17.3. The van der Waals surface area contributed by atoms with E-state index in [2.05, 4.69) is 10.6 Å². The minimum atomic E-state index is -1.25. The Kier molecular flexibility index (Phi) is 15.3. The number of aromatic hydroxyl groups is 1. The number of methoxy groups -OCH3 is 1. The fourth-order valence-corrected chi connectivity index (χ4v) is 5.03. The van der Waals surface area contributed by atoms with E-state index in [1.165, 1.54) is 18.3 Å². The number of hydrogen-bond donors (Lipinski definition) is 5. The van der Waals surface area contributed by atoms with Gasteiger partial charge in [-0.3, -0.25) is 19.3 Å². The first kappa shape index (κ1) is 38.8. The Bertz CT molecular complexity index is 1130. The summed E-state index contributed by atoms with van der Waals surface area (Å²) in [5.41, 5.74) is 5.31. The van der Waals surface area contributed by atoms with Gasteiger partial charge < -0.3 is 36.1 Å². The van der Waals surface area contributed by atoms with Gasteiger partial charge in [-0.1, -0.05) is 27.7 Å². The monoisotopic (exact) mass is 642 g/mol. The fourth-order valence-electron chi connectivity index (χ4n) is 4.27. The Hall–Kier alpha value is -3.23. The van der Waals surface area contributed by atoms with E-state index in [9.17, 15) is 34.2 Å². The molecule has 44 heavy (non-hydrogen) atoms. The number of nitrogens with zero attached hydrogens (tertiary/aromatic N) is 1. The lowest BCUT2D eigenvalue weighted by molar-refractivity contribution is -0.163. The highest BCUT2D eigenvalue weighted by atomic mass is 32.1. The number of nitrogens with one attached hydrogen (secondary N) is 2. The van der Waals surface area contributed by atoms with Crippen LogP contribution in [0.15, 0.2) is 11.4 Å². The molecule has 250 valence electrons. The van der Waals surface area contributed by atoms with E-state index in [1.54, 1.807) is 59.9 Å². The summed E-state index contributed by atoms with van der Waals surface area (Å²) in [6, 6.07) is -2.57. The van der Waals surface area contributed by atoms with Gasteiger partial charge in [0.1, 0.15) is 23.4 Å². The summed E-state index contributed by atoms with van der Waals surface area (Å²) in [6.07, 6.45) is -1.92. The molecule has 0 saturated carbocycles. The van der Waals surface area contributed by atoms with Gasteiger partial charge in [0, 0.05) is 16.7 Å². The van der Waals surface area contributed by atoms with Crippen molar-refractivity contribution >= 4 is 41.1 Å². The Morgan fingerprint density at radius 3 is 2.11 bits per heavy atom. The van der Waals surface area contributed by atoms with Crippen LogP contribution in [0.1, 0.15) is 79.5 Å². The number of aliphatic hydroxyl groups excluding tert-OH is 1. The van der Waals surface area contributed by atoms with E-state index in [0.29, 0.717) is 6.42 Å². The van der Waals surface area contributed by atoms with Crippen molar-refractivity contribution < 1.29 is 43.7 Å². The van der Waals surface area contributed by atoms with Crippen LogP contribution in [0.25, 0.3) is 0 Å². The number of hydrogen-bond acceptors (Lipinski definition) is 11. The van der Waals surface area contributed by atoms with Crippen LogP contribution in [0.4, 0.5) is 4.79 Å². The number of aryl methyl sites for hydroxylation is 1. The van der Waals surface area contributed by atoms with Gasteiger partial charge in [-0.05, 0) is 64.9 Å². The molecule has 0 spiro atoms. The SMILES string of the molecule is COC(=O)[C@H](C(C)C)N(C(=O)CCC(O)C(CCc1cc(O)cs1)NC(=O)[C@H](C)NC(=O)OC(C)(C)C)C(=O)[C@@H](N)C(C)C. The number of thiophene rings is 1. The quantitative estimate of drug-likeness (QED) is 0.177. The number of imide groups is 1. The van der Waals surface area contributed by atoms with Crippen molar-refractivity contribution in [1.29, 1.82) is 0 Å². The molecule has 0 fully saturated rings. The first-order valence-electron chi connectivity index (χ1n) is 14.7. The largest absolute Gasteiger partial charge is 0.507 e. The van der Waals surface area contributed by atoms with Crippen LogP contribution in [-0.4, -0.2) is 87.9 Å². The van der Waals surface area contributed by atoms with Crippen molar-refractivity contribution in [2.24, 2.45) is 17.6 Å². The second-order valence-electron chi connectivity index (χ2n) is 12.5. The third-order valence-electron chi connectivity index (χ3n) is 6.78. The molecule has 1 aromatic rings. The van der Waals surface area contributed by atoms with Gasteiger partial charge >= 0.3 is 12.1 Å². The number of alkyl carbamates (subject to hydrolysis) is 1. The molecule has 5 atom stereocenters. The highest BCUT2D eigenvalue weighted by molar-refractivity contribution is 7.10. The Balaban J connectivity index is 3.16. The number of carbonyl (C=O) groups excluding carboxylic acids is 5. The third kappa shape index (κ3) is 12.4. The molecule has 4 amide bonds. The van der Waals surface area contributed by atoms with E-state index in [4.69, 9.17) is 15.2 Å². The van der Waals surface area contributed by atoms with Crippen molar-refractivity contribution in [2.45, 2.75) is 117 Å². The highest BCUT2D eigenvalue weighted by Gasteiger charge is 2.40. The van der Waals surface area contributed by atoms with E-state index >= 15 is 0 Å². The molecule has 0 radical (unpaired) electrons. The van der Waals surface area contributed by atoms with Gasteiger partial charge in [-0.25, -0.2) is 9.59 Å². The zero-order valence-corrected chi connectivity index (χ0v) is 28.0. The Morgan fingerprint density at radius 1 is 1.02 bits per heavy atom. The predicted octanol–water partition coefficient (Wildman–Crippen LogP) is 2.46. The molecular weight excluding hydrogens is 592 g/mol. The van der Waals surface area contributed by atoms with Crippen LogP contribution >= 0.6 is 11.3 Å². The normalized spacial score (nSPS) is 15.1. The summed E-state index contributed by atoms with van der Waals surface area (Å²) in [4.78, 5) is 66.3. The second-order valence-corrected chi connectivity index (χ2v) is 13.5. The van der Waals surface area contributed by atoms with Crippen LogP contribution in [0, 0.1) is 11.8 Å². The maximum Gasteiger partial charge on any atom is 0.408 e. The van der Waals surface area contributed by atoms with E-state index in [-0.39, 0.29) is 30.9 Å². The first-order valence-corrected chi connectivity index (χ1v) is 15.6. The zero-order chi connectivity index (χ0) is 33.9. The Morgan fingerprint density at radius 2 is 1.64 bits per heavy atom. The molecule has 1 aromatic heterocycles. The molecule has 1 heterocycles. The maximum atomic E-state index is 13.5. The number of amides is 4. The predicted molar refractivity (Wildman–Crippen MR) is 166 cm³/mol. The summed E-state index contributed by atoms with van der Waals surface area (Å²) >= 11 is 1.31. The molecule has 1 rings (SSSR count). The molecule has 6 N–H and O–H groups in total. The number of rotatable bonds is 15. The van der Waals surface area contributed by atoms with Gasteiger partial charge in [0.25, 0.3) is 0 Å². The number of carbonyl (C=O) groups is 5. The molecule has 0 aliphatic carbocycles. The molecular formula is C30H50N4O9S. The minimum absolute atomic E-state index is 0.0987. The van der Waals surface area contributed by atoms with Crippen molar-refractivity contribution in [2.75, 3.05) is 7.11 Å². The van der Waals surface area contributed by atoms with Crippen molar-refractivity contribution in [3.63, 3.8) is 0 Å². The van der Waals surface area contributed by atoms with E-state index < -0.39 is 71.6 Å². The molecule has 0 saturated heterocycles. The minimum Gasteiger partial charge on any atom is -0.507 e. The molecule has 0 aliphatic heterocycles. The highest BCUT2D eigenvalue weighted by Crippen LogP contribution is 2.23. The average Bonchev–Trinajstić information content (AvgIpc) is 3.34. The lowest BCUT2D eigenvalue weighted by Gasteiger charge is -2.34. The Labute approximate surface area is 263 Å². The smallest absolute Gasteiger partial charge is 0.408 e. The van der Waals surface area contributed by atoms with Crippen LogP contribution in [-0.2, 0) is 35.1 Å². The van der Waals surface area contributed by atoms with Crippen LogP contribution < -0.4 is 16.4 Å². The van der Waals surface area contributed by atoms with Gasteiger partial charge in [-0.2, -0.15) is 0 Å². The average molecular weight is 643 g/mol. The van der Waals surface area contributed by atoms with E-state index in [1.807, 2.05) is 0 Å². The molecule has 13 nitrogen and oxygen atoms in total. The van der Waals surface area contributed by atoms with Crippen molar-refractivity contribution in [1.82, 2.24) is 15.5 Å². The molecule has 0 aromatic carbocycles. The molecule has 0 aliphatic rings. The standard InChI is InChI=1S/C30H50N4O9S/c1-16(2)24(31)27(39)34(25(17(3)4)28(40)42-9)23(37)13-12-22(36)21(11-10-20-14-19(35)15-44-20)33-26(38)18(5)32-29(41)43-30(6,7)8/h14-18,21-22,24-25,35-36H,10-13,31H2,1-9H3,(H,32,41)(H,33,38)/t18-,21?,22?,24-,25-/m0/s1. The lowest BCUT2D eigenvalue weighted by atomic mass is 9.96. The summed E-state index contributed by atoms with van der Waals surface area (Å²) in [5.74, 6) is -3.51. The molecule has 0 bridgehead atoms. The number of aliphatic hydroxyl groups is 1. The summed E-state index contributed by atoms with van der Waals surface area (Å²) in [6.45, 7) is 13.3. The summed E-state index contributed by atoms with van der Waals surface area (Å²) < 4.78 is 10.1. The lowest BCUT2D eigenvalue weighted by Crippen LogP contribution is -2.57. The van der Waals surface area contributed by atoms with Gasteiger partial charge in [0.15, 0.2) is 0 Å². The van der Waals surface area contributed by atoms with Crippen LogP contribution in [0.5, 0.6) is 5.75 Å². The van der Waals surface area contributed by atoms with E-state index in [0.717, 1.165) is 16.9 Å². The number of ether oxygens (including phenoxy) is 2. The van der Waals surface area contributed by atoms with Gasteiger partial charge in [0.2, 0.25) is 17.7 Å². The van der Waals surface area contributed by atoms with Gasteiger partial charge in [-0.15, -0.1) is 11.3 Å². The summed E-state index contributed by atoms with van der Waals surface area (Å²) in [7, 11) is 1.16. The molecule has 14 heteroatoms. The van der Waals surface area contributed by atoms with Crippen molar-refractivity contribution in [3.8, 4) is 5.75 Å². The summed E-state index contributed by atoms with van der Waals surface area (Å²) in [5, 5.41) is 27.6.